The van der Waals surface area contributed by atoms with Crippen molar-refractivity contribution in [1.29, 1.82) is 0 Å². The number of hydrogen-bond acceptors (Lipinski definition) is 4. The summed E-state index contributed by atoms with van der Waals surface area (Å²) < 4.78 is 4.92. The van der Waals surface area contributed by atoms with Crippen LogP contribution in [0.3, 0.4) is 0 Å². The number of nitrogens with zero attached hydrogens (tertiary/aromatic N) is 1. The van der Waals surface area contributed by atoms with Crippen LogP contribution < -0.4 is 10.6 Å². The lowest BCUT2D eigenvalue weighted by atomic mass is 10.1. The highest BCUT2D eigenvalue weighted by atomic mass is 16.6. The van der Waals surface area contributed by atoms with Gasteiger partial charge in [0.2, 0.25) is 0 Å². The number of hydrogen-bond donors (Lipinski definition) is 2. The number of benzene rings is 2. The average molecular weight is 379 g/mol. The molecule has 1 atom stereocenters. The first-order valence-electron chi connectivity index (χ1n) is 9.30. The minimum Gasteiger partial charge on any atom is -0.448 e. The second-order valence-corrected chi connectivity index (χ2v) is 6.95. The maximum atomic E-state index is 12.3. The lowest BCUT2D eigenvalue weighted by molar-refractivity contribution is -0.136. The number of amides is 3. The molecule has 1 saturated heterocycles. The standard InChI is InChI=1S/C21H21N3O4/c25-19(20(26)23-18-9-8-15-5-1-2-7-17(15)18)22-16-6-3-4-14(12-16)13-24-10-11-28-21(24)27/h1-7,12,18H,8-11,13H2,(H,22,25)(H,23,26)/t18-/m0/s1. The molecule has 2 aliphatic rings. The number of ether oxygens (including phenoxy) is 1. The summed E-state index contributed by atoms with van der Waals surface area (Å²) in [6.07, 6.45) is 1.34. The molecule has 144 valence electrons. The van der Waals surface area contributed by atoms with Crippen molar-refractivity contribution in [3.63, 3.8) is 0 Å². The fourth-order valence-corrected chi connectivity index (χ4v) is 3.66. The molecule has 2 aromatic carbocycles. The Hall–Kier alpha value is -3.35. The first-order chi connectivity index (χ1) is 13.6. The zero-order valence-corrected chi connectivity index (χ0v) is 15.3. The molecule has 1 heterocycles. The van der Waals surface area contributed by atoms with Crippen molar-refractivity contribution in [2.75, 3.05) is 18.5 Å². The van der Waals surface area contributed by atoms with E-state index in [2.05, 4.69) is 10.6 Å². The second-order valence-electron chi connectivity index (χ2n) is 6.95. The van der Waals surface area contributed by atoms with Gasteiger partial charge in [-0.1, -0.05) is 36.4 Å². The third kappa shape index (κ3) is 3.83. The van der Waals surface area contributed by atoms with Crippen LogP contribution in [0.2, 0.25) is 0 Å². The molecule has 0 unspecified atom stereocenters. The van der Waals surface area contributed by atoms with Gasteiger partial charge in [-0.15, -0.1) is 0 Å². The Morgan fingerprint density at radius 1 is 1.11 bits per heavy atom. The van der Waals surface area contributed by atoms with E-state index in [1.807, 2.05) is 30.3 Å². The fraction of sp³-hybridized carbons (Fsp3) is 0.286. The summed E-state index contributed by atoms with van der Waals surface area (Å²) in [4.78, 5) is 37.8. The van der Waals surface area contributed by atoms with Crippen molar-refractivity contribution in [1.82, 2.24) is 10.2 Å². The van der Waals surface area contributed by atoms with E-state index in [9.17, 15) is 14.4 Å². The highest BCUT2D eigenvalue weighted by Gasteiger charge is 2.26. The summed E-state index contributed by atoms with van der Waals surface area (Å²) >= 11 is 0. The number of aryl methyl sites for hydroxylation is 1. The van der Waals surface area contributed by atoms with Gasteiger partial charge < -0.3 is 20.3 Å². The van der Waals surface area contributed by atoms with E-state index in [4.69, 9.17) is 4.74 Å². The van der Waals surface area contributed by atoms with Crippen LogP contribution in [0, 0.1) is 0 Å². The quantitative estimate of drug-likeness (QED) is 0.799. The Labute approximate surface area is 162 Å². The summed E-state index contributed by atoms with van der Waals surface area (Å²) in [7, 11) is 0. The van der Waals surface area contributed by atoms with Gasteiger partial charge in [0.25, 0.3) is 0 Å². The van der Waals surface area contributed by atoms with Crippen LogP contribution >= 0.6 is 0 Å². The number of fused-ring (bicyclic) bond motifs is 1. The predicted molar refractivity (Wildman–Crippen MR) is 102 cm³/mol. The van der Waals surface area contributed by atoms with Gasteiger partial charge in [0, 0.05) is 12.2 Å². The number of carbonyl (C=O) groups is 3. The van der Waals surface area contributed by atoms with Crippen LogP contribution in [-0.4, -0.2) is 36.0 Å². The molecule has 3 amide bonds. The normalized spacial score (nSPS) is 17.8. The maximum absolute atomic E-state index is 12.3. The zero-order chi connectivity index (χ0) is 19.5. The van der Waals surface area contributed by atoms with Gasteiger partial charge in [0.1, 0.15) is 6.61 Å². The largest absolute Gasteiger partial charge is 0.448 e. The Bertz CT molecular complexity index is 927. The zero-order valence-electron chi connectivity index (χ0n) is 15.3. The minimum atomic E-state index is -0.706. The molecule has 0 saturated carbocycles. The van der Waals surface area contributed by atoms with E-state index < -0.39 is 11.8 Å². The van der Waals surface area contributed by atoms with Gasteiger partial charge in [-0.25, -0.2) is 4.79 Å². The lowest BCUT2D eigenvalue weighted by Gasteiger charge is -2.15. The van der Waals surface area contributed by atoms with Gasteiger partial charge in [0.15, 0.2) is 0 Å². The topological polar surface area (TPSA) is 87.7 Å². The molecule has 2 aromatic rings. The van der Waals surface area contributed by atoms with Crippen molar-refractivity contribution >= 4 is 23.6 Å². The van der Waals surface area contributed by atoms with Crippen LogP contribution in [0.25, 0.3) is 0 Å². The van der Waals surface area contributed by atoms with Crippen LogP contribution in [0.5, 0.6) is 0 Å². The molecular weight excluding hydrogens is 358 g/mol. The van der Waals surface area contributed by atoms with Gasteiger partial charge in [-0.05, 0) is 41.7 Å². The first kappa shape index (κ1) is 18.0. The molecule has 7 nitrogen and oxygen atoms in total. The number of rotatable bonds is 4. The third-order valence-electron chi connectivity index (χ3n) is 5.05. The van der Waals surface area contributed by atoms with Crippen molar-refractivity contribution in [2.24, 2.45) is 0 Å². The fourth-order valence-electron chi connectivity index (χ4n) is 3.66. The van der Waals surface area contributed by atoms with Crippen LogP contribution in [0.1, 0.15) is 29.2 Å². The molecule has 28 heavy (non-hydrogen) atoms. The SMILES string of the molecule is O=C(Nc1cccc(CN2CCOC2=O)c1)C(=O)N[C@H]1CCc2ccccc21. The molecule has 4 rings (SSSR count). The Morgan fingerprint density at radius 3 is 2.79 bits per heavy atom. The highest BCUT2D eigenvalue weighted by Crippen LogP contribution is 2.30. The van der Waals surface area contributed by atoms with Gasteiger partial charge in [0.05, 0.1) is 12.6 Å². The Balaban J connectivity index is 1.36. The van der Waals surface area contributed by atoms with Crippen molar-refractivity contribution in [3.05, 3.63) is 65.2 Å². The predicted octanol–water partition coefficient (Wildman–Crippen LogP) is 2.38. The smallest absolute Gasteiger partial charge is 0.410 e. The number of anilines is 1. The Morgan fingerprint density at radius 2 is 1.96 bits per heavy atom. The van der Waals surface area contributed by atoms with E-state index in [0.717, 1.165) is 24.0 Å². The van der Waals surface area contributed by atoms with Crippen molar-refractivity contribution in [3.8, 4) is 0 Å². The summed E-state index contributed by atoms with van der Waals surface area (Å²) in [5.41, 5.74) is 3.64. The van der Waals surface area contributed by atoms with Crippen molar-refractivity contribution < 1.29 is 19.1 Å². The molecule has 0 aromatic heterocycles. The average Bonchev–Trinajstić information content (AvgIpc) is 3.29. The molecular formula is C21H21N3O4. The van der Waals surface area contributed by atoms with E-state index in [0.29, 0.717) is 25.4 Å². The number of cyclic esters (lactones) is 1. The second kappa shape index (κ2) is 7.72. The molecule has 1 aliphatic heterocycles. The van der Waals surface area contributed by atoms with Crippen molar-refractivity contribution in [2.45, 2.75) is 25.4 Å². The molecule has 1 fully saturated rings. The monoisotopic (exact) mass is 379 g/mol. The third-order valence-corrected chi connectivity index (χ3v) is 5.05. The lowest BCUT2D eigenvalue weighted by Crippen LogP contribution is -2.37. The molecule has 0 bridgehead atoms. The Kier molecular flexibility index (Phi) is 4.97. The van der Waals surface area contributed by atoms with E-state index in [1.165, 1.54) is 5.56 Å². The van der Waals surface area contributed by atoms with Crippen LogP contribution in [0.15, 0.2) is 48.5 Å². The summed E-state index contributed by atoms with van der Waals surface area (Å²) in [6, 6.07) is 14.9. The molecule has 7 heteroatoms. The van der Waals surface area contributed by atoms with Gasteiger partial charge >= 0.3 is 17.9 Å². The summed E-state index contributed by atoms with van der Waals surface area (Å²) in [6.45, 7) is 1.33. The van der Waals surface area contributed by atoms with E-state index in [1.54, 1.807) is 23.1 Å². The maximum Gasteiger partial charge on any atom is 0.410 e. The molecule has 0 radical (unpaired) electrons. The summed E-state index contributed by atoms with van der Waals surface area (Å²) in [5.74, 6) is -1.36. The first-order valence-corrected chi connectivity index (χ1v) is 9.30. The van der Waals surface area contributed by atoms with Gasteiger partial charge in [-0.2, -0.15) is 0 Å². The van der Waals surface area contributed by atoms with E-state index >= 15 is 0 Å². The number of nitrogens with one attached hydrogen (secondary N) is 2. The highest BCUT2D eigenvalue weighted by molar-refractivity contribution is 6.39. The van der Waals surface area contributed by atoms with E-state index in [-0.39, 0.29) is 12.1 Å². The summed E-state index contributed by atoms with van der Waals surface area (Å²) in [5, 5.41) is 5.44. The molecule has 1 aliphatic carbocycles. The molecule has 2 N–H and O–H groups in total. The van der Waals surface area contributed by atoms with Gasteiger partial charge in [-0.3, -0.25) is 9.59 Å². The minimum absolute atomic E-state index is 0.137. The number of carbonyl (C=O) groups excluding carboxylic acids is 3. The van der Waals surface area contributed by atoms with Crippen LogP contribution in [0.4, 0.5) is 10.5 Å². The van der Waals surface area contributed by atoms with Crippen LogP contribution in [-0.2, 0) is 27.3 Å². The molecule has 0 spiro atoms.